The molecule has 0 aliphatic carbocycles. The monoisotopic (exact) mass is 243 g/mol. The van der Waals surface area contributed by atoms with Gasteiger partial charge in [-0.3, -0.25) is 0 Å². The van der Waals surface area contributed by atoms with Gasteiger partial charge in [-0.05, 0) is 11.0 Å². The fraction of sp³-hybridized carbons (Fsp3) is 0. The van der Waals surface area contributed by atoms with Crippen molar-refractivity contribution in [3.8, 4) is 0 Å². The van der Waals surface area contributed by atoms with Crippen molar-refractivity contribution in [3.63, 3.8) is 0 Å². The average molecular weight is 240 g/mol. The molecule has 0 saturated carbocycles. The Morgan fingerprint density at radius 2 is 1.00 bits per heavy atom. The second-order valence-electron chi connectivity index (χ2n) is 0. The van der Waals surface area contributed by atoms with Crippen molar-refractivity contribution in [2.45, 2.75) is 0 Å². The number of hydrogen-bond acceptors (Lipinski definition) is 0. The van der Waals surface area contributed by atoms with Crippen LogP contribution in [0.1, 0.15) is 0 Å². The van der Waals surface area contributed by atoms with E-state index in [0.29, 0.717) is 0 Å². The van der Waals surface area contributed by atoms with Crippen LogP contribution in [-0.2, 0) is 0 Å². The van der Waals surface area contributed by atoms with Gasteiger partial charge in [-0.15, -0.1) is 0 Å². The molecule has 0 fully saturated rings. The molecule has 0 spiro atoms. The molecule has 5 radical (unpaired) electrons. The Morgan fingerprint density at radius 1 is 1.00 bits per heavy atom. The van der Waals surface area contributed by atoms with Crippen LogP contribution in [0.3, 0.4) is 0 Å². The van der Waals surface area contributed by atoms with Gasteiger partial charge >= 0.3 is 41.5 Å². The number of hydrogen-bond donors (Lipinski definition) is 0. The van der Waals surface area contributed by atoms with Gasteiger partial charge in [0, 0.05) is 8.41 Å². The summed E-state index contributed by atoms with van der Waals surface area (Å²) in [7, 11) is 0. The van der Waals surface area contributed by atoms with Crippen molar-refractivity contribution < 1.29 is 0 Å². The molecule has 0 aromatic carbocycles. The maximum atomic E-state index is 0. The van der Waals surface area contributed by atoms with E-state index in [2.05, 4.69) is 0 Å². The van der Waals surface area contributed by atoms with Crippen LogP contribution in [0, 0.1) is 0 Å². The van der Waals surface area contributed by atoms with Gasteiger partial charge in [0.05, 0.1) is 0 Å². The fourth-order valence-corrected chi connectivity index (χ4v) is 0. The molecule has 25 valence electrons. The Hall–Kier alpha value is 1.62. The molecule has 0 unspecified atom stereocenters. The first-order valence-electron chi connectivity index (χ1n) is 0. The first kappa shape index (κ1) is 45.6. The standard InChI is InChI=1S/B.GeH4.H4Si.Sn.2H/h;2*1H4;;;. The third-order valence-corrected chi connectivity index (χ3v) is 0. The molecule has 0 rings (SSSR count). The summed E-state index contributed by atoms with van der Waals surface area (Å²) in [5.74, 6) is 0. The van der Waals surface area contributed by atoms with Gasteiger partial charge in [-0.25, -0.2) is 0 Å². The molecule has 4 heavy (non-hydrogen) atoms. The van der Waals surface area contributed by atoms with E-state index in [9.17, 15) is 0 Å². The van der Waals surface area contributed by atoms with Crippen LogP contribution < -0.4 is 0 Å². The molecule has 0 aromatic heterocycles. The quantitative estimate of drug-likeness (QED) is 0.377. The molecule has 0 atom stereocenters. The zero-order valence-electron chi connectivity index (χ0n) is 1.28. The van der Waals surface area contributed by atoms with Gasteiger partial charge in [-0.1, -0.05) is 0 Å². The van der Waals surface area contributed by atoms with Crippen molar-refractivity contribution in [1.82, 2.24) is 0 Å². The van der Waals surface area contributed by atoms with Crippen LogP contribution in [0.25, 0.3) is 0 Å². The molecule has 0 nitrogen and oxygen atoms in total. The minimum absolute atomic E-state index is 0. The van der Waals surface area contributed by atoms with Crippen LogP contribution in [0.5, 0.6) is 0 Å². The van der Waals surface area contributed by atoms with Crippen LogP contribution in [0.4, 0.5) is 0 Å². The fourth-order valence-electron chi connectivity index (χ4n) is 0. The normalized spacial score (nSPS) is 0. The van der Waals surface area contributed by atoms with Gasteiger partial charge in [0.15, 0.2) is 0 Å². The Labute approximate surface area is 60.6 Å². The Bertz CT molecular complexity index is 8.00. The number of rotatable bonds is 0. The zero-order valence-corrected chi connectivity index (χ0v) is 5.32. The second-order valence-corrected chi connectivity index (χ2v) is 0. The molecule has 4 heteroatoms. The zero-order chi connectivity index (χ0) is 0. The molecule has 0 aliphatic heterocycles. The summed E-state index contributed by atoms with van der Waals surface area (Å²) in [5, 5.41) is 0. The van der Waals surface area contributed by atoms with Gasteiger partial charge in [-0.2, -0.15) is 0 Å². The first-order chi connectivity index (χ1) is 0. The SMILES string of the molecule is [B].[GeH4].[SiH4].[SnH2]. The summed E-state index contributed by atoms with van der Waals surface area (Å²) in [4.78, 5) is 0. The Morgan fingerprint density at radius 3 is 1.00 bits per heavy atom. The van der Waals surface area contributed by atoms with Gasteiger partial charge < -0.3 is 0 Å². The first-order valence-corrected chi connectivity index (χ1v) is 0. The predicted molar refractivity (Wildman–Crippen MR) is 37.0 cm³/mol. The van der Waals surface area contributed by atoms with E-state index in [1.165, 1.54) is 0 Å². The molecule has 0 N–H and O–H groups in total. The third kappa shape index (κ3) is 9.46. The molecule has 0 aliphatic rings. The molecule has 0 heterocycles. The topological polar surface area (TPSA) is 0 Å². The Balaban J connectivity index is 0. The van der Waals surface area contributed by atoms with E-state index in [0.717, 1.165) is 0 Å². The summed E-state index contributed by atoms with van der Waals surface area (Å²) in [6.07, 6.45) is 0. The third-order valence-electron chi connectivity index (χ3n) is 0. The van der Waals surface area contributed by atoms with Crippen LogP contribution in [0.15, 0.2) is 0 Å². The molecular formula is H10BGeSiSn. The molecular weight excluding hydrogens is 230 g/mol. The van der Waals surface area contributed by atoms with Crippen molar-refractivity contribution in [3.05, 3.63) is 0 Å². The van der Waals surface area contributed by atoms with Crippen molar-refractivity contribution in [1.29, 1.82) is 0 Å². The van der Waals surface area contributed by atoms with Crippen LogP contribution >= 0.6 is 0 Å². The van der Waals surface area contributed by atoms with E-state index < -0.39 is 0 Å². The summed E-state index contributed by atoms with van der Waals surface area (Å²) in [5.41, 5.74) is 0. The van der Waals surface area contributed by atoms with Gasteiger partial charge in [0.1, 0.15) is 0 Å². The van der Waals surface area contributed by atoms with Crippen molar-refractivity contribution in [2.75, 3.05) is 0 Å². The van der Waals surface area contributed by atoms with E-state index in [1.54, 1.807) is 0 Å². The van der Waals surface area contributed by atoms with E-state index in [-0.39, 0.29) is 60.9 Å². The van der Waals surface area contributed by atoms with E-state index in [1.807, 2.05) is 0 Å². The minimum atomic E-state index is 0. The molecule has 0 saturated heterocycles. The van der Waals surface area contributed by atoms with Crippen molar-refractivity contribution >= 4 is 60.9 Å². The summed E-state index contributed by atoms with van der Waals surface area (Å²) in [6.45, 7) is 0. The Kier molecular flexibility index (Phi) is 263. The van der Waals surface area contributed by atoms with Crippen molar-refractivity contribution in [2.24, 2.45) is 0 Å². The van der Waals surface area contributed by atoms with Gasteiger partial charge in [0.25, 0.3) is 0 Å². The molecule has 0 aromatic rings. The summed E-state index contributed by atoms with van der Waals surface area (Å²) < 4.78 is 0. The maximum absolute atomic E-state index is 0. The summed E-state index contributed by atoms with van der Waals surface area (Å²) >= 11 is 0. The predicted octanol–water partition coefficient (Wildman–Crippen LogP) is -4.20. The summed E-state index contributed by atoms with van der Waals surface area (Å²) in [6, 6.07) is 0. The van der Waals surface area contributed by atoms with Crippen LogP contribution in [-0.4, -0.2) is 60.9 Å². The van der Waals surface area contributed by atoms with E-state index >= 15 is 0 Å². The van der Waals surface area contributed by atoms with Crippen LogP contribution in [0.2, 0.25) is 0 Å². The average Bonchev–Trinajstić information content (AvgIpc) is 0. The van der Waals surface area contributed by atoms with E-state index in [4.69, 9.17) is 0 Å². The van der Waals surface area contributed by atoms with Gasteiger partial charge in [0.2, 0.25) is 0 Å². The second kappa shape index (κ2) is 23.0. The molecule has 0 bridgehead atoms. The molecule has 0 amide bonds.